The van der Waals surface area contributed by atoms with Crippen molar-refractivity contribution in [1.82, 2.24) is 0 Å². The monoisotopic (exact) mass is 875 g/mol. The zero-order chi connectivity index (χ0) is 45.4. The van der Waals surface area contributed by atoms with E-state index in [4.69, 9.17) is 11.6 Å². The number of aryl methyl sites for hydroxylation is 3. The normalized spacial score (nSPS) is 19.8. The summed E-state index contributed by atoms with van der Waals surface area (Å²) in [6.07, 6.45) is 7.11. The summed E-state index contributed by atoms with van der Waals surface area (Å²) in [5.74, 6) is 0. The van der Waals surface area contributed by atoms with Gasteiger partial charge in [-0.2, -0.15) is 0 Å². The van der Waals surface area contributed by atoms with Gasteiger partial charge in [0.05, 0.1) is 5.69 Å². The van der Waals surface area contributed by atoms with Crippen LogP contribution < -0.4 is 9.80 Å². The van der Waals surface area contributed by atoms with E-state index < -0.39 is 0 Å². The van der Waals surface area contributed by atoms with Crippen LogP contribution >= 0.6 is 22.9 Å². The lowest BCUT2D eigenvalue weighted by Gasteiger charge is -2.43. The number of rotatable bonds is 6. The summed E-state index contributed by atoms with van der Waals surface area (Å²) < 4.78 is 1.36. The fraction of sp³-hybridized carbons (Fsp3) is 0.458. The quantitative estimate of drug-likeness (QED) is 0.164. The van der Waals surface area contributed by atoms with Crippen LogP contribution in [-0.4, -0.2) is 0 Å². The highest BCUT2D eigenvalue weighted by Crippen LogP contribution is 2.55. The van der Waals surface area contributed by atoms with E-state index in [0.717, 1.165) is 22.8 Å². The maximum absolute atomic E-state index is 6.89. The van der Waals surface area contributed by atoms with Gasteiger partial charge in [0.25, 0.3) is 0 Å². The van der Waals surface area contributed by atoms with Crippen LogP contribution in [0.15, 0.2) is 84.2 Å². The largest absolute Gasteiger partial charge is 0.310 e. The van der Waals surface area contributed by atoms with Crippen LogP contribution in [0.5, 0.6) is 0 Å². The van der Waals surface area contributed by atoms with Crippen molar-refractivity contribution in [2.75, 3.05) is 9.80 Å². The summed E-state index contributed by atoms with van der Waals surface area (Å²) in [6.45, 7) is 36.2. The summed E-state index contributed by atoms with van der Waals surface area (Å²) >= 11 is 8.79. The Morgan fingerprint density at radius 3 is 1.32 bits per heavy atom. The van der Waals surface area contributed by atoms with Gasteiger partial charge >= 0.3 is 0 Å². The van der Waals surface area contributed by atoms with Crippen LogP contribution in [0.4, 0.5) is 34.1 Å². The molecule has 0 fully saturated rings. The highest BCUT2D eigenvalue weighted by atomic mass is 35.5. The Kier molecular flexibility index (Phi) is 10.3. The molecule has 3 aliphatic rings. The van der Waals surface area contributed by atoms with Crippen molar-refractivity contribution in [3.63, 3.8) is 0 Å². The standard InChI is InChI=1S/C59H71ClN2S/c1-36-25-41(61(40-18-16-17-39(60)29-40)50-32-47-44(27-37(50)2)54(4,5)19-22-57(47,10)11)30-42(26-36)62(51-33-48-45(28-38(51)3)55(6,7)20-23-58(48,12)13)52-35-63-53-34-49-46(31-43(52)53)56(8,9)21-24-59(49,14)15/h16-18,25-35H,19-24H2,1-15H3. The van der Waals surface area contributed by atoms with E-state index in [2.05, 4.69) is 192 Å². The molecule has 5 aromatic carbocycles. The molecule has 6 aromatic rings. The minimum atomic E-state index is 0.0666. The van der Waals surface area contributed by atoms with Crippen molar-refractivity contribution >= 4 is 67.1 Å². The Hall–Kier alpha value is -4.05. The van der Waals surface area contributed by atoms with Crippen LogP contribution in [0.25, 0.3) is 10.1 Å². The van der Waals surface area contributed by atoms with E-state index >= 15 is 0 Å². The molecule has 0 spiro atoms. The second-order valence-electron chi connectivity index (χ2n) is 23.9. The third-order valence-electron chi connectivity index (χ3n) is 16.2. The van der Waals surface area contributed by atoms with Gasteiger partial charge in [0.2, 0.25) is 0 Å². The SMILES string of the molecule is Cc1cc(N(c2cccc(Cl)c2)c2cc3c(cc2C)C(C)(C)CCC3(C)C)cc(N(c2cc3c(cc2C)C(C)(C)CCC3(C)C)c2csc3cc4c(cc23)C(C)(C)CCC4(C)C)c1. The molecular formula is C59H71ClN2S. The number of hydrogen-bond donors (Lipinski definition) is 0. The number of nitrogens with zero attached hydrogens (tertiary/aromatic N) is 2. The molecule has 0 saturated heterocycles. The van der Waals surface area contributed by atoms with Crippen molar-refractivity contribution in [2.45, 2.75) is 175 Å². The number of thiophene rings is 1. The van der Waals surface area contributed by atoms with Crippen LogP contribution in [0.2, 0.25) is 5.02 Å². The second-order valence-corrected chi connectivity index (χ2v) is 25.2. The number of benzene rings is 5. The summed E-state index contributed by atoms with van der Waals surface area (Å²) in [6, 6.07) is 30.9. The van der Waals surface area contributed by atoms with Gasteiger partial charge in [0.15, 0.2) is 0 Å². The molecule has 0 aliphatic heterocycles. The highest BCUT2D eigenvalue weighted by Gasteiger charge is 2.41. The second kappa shape index (κ2) is 14.7. The molecule has 0 N–H and O–H groups in total. The number of fused-ring (bicyclic) bond motifs is 4. The molecule has 63 heavy (non-hydrogen) atoms. The average molecular weight is 876 g/mol. The van der Waals surface area contributed by atoms with Crippen LogP contribution in [0, 0.1) is 20.8 Å². The zero-order valence-corrected chi connectivity index (χ0v) is 42.6. The van der Waals surface area contributed by atoms with E-state index in [0.29, 0.717) is 0 Å². The first kappa shape index (κ1) is 44.2. The summed E-state index contributed by atoms with van der Waals surface area (Å²) in [4.78, 5) is 5.10. The fourth-order valence-corrected chi connectivity index (χ4v) is 12.7. The summed E-state index contributed by atoms with van der Waals surface area (Å²) in [5, 5.41) is 4.52. The third-order valence-corrected chi connectivity index (χ3v) is 17.4. The summed E-state index contributed by atoms with van der Waals surface area (Å²) in [7, 11) is 0. The highest BCUT2D eigenvalue weighted by molar-refractivity contribution is 7.17. The van der Waals surface area contributed by atoms with Crippen molar-refractivity contribution in [2.24, 2.45) is 0 Å². The molecule has 1 aromatic heterocycles. The van der Waals surface area contributed by atoms with Gasteiger partial charge in [-0.05, 0) is 203 Å². The van der Waals surface area contributed by atoms with Crippen LogP contribution in [0.3, 0.4) is 0 Å². The molecule has 4 heteroatoms. The smallest absolute Gasteiger partial charge is 0.0647 e. The Balaban J connectivity index is 1.33. The molecule has 0 saturated carbocycles. The third kappa shape index (κ3) is 7.46. The van der Waals surface area contributed by atoms with Gasteiger partial charge in [-0.3, -0.25) is 0 Å². The fourth-order valence-electron chi connectivity index (χ4n) is 11.6. The Labute approximate surface area is 389 Å². The molecule has 330 valence electrons. The van der Waals surface area contributed by atoms with Crippen molar-refractivity contribution in [3.8, 4) is 0 Å². The lowest BCUT2D eigenvalue weighted by atomic mass is 9.62. The van der Waals surface area contributed by atoms with Crippen molar-refractivity contribution in [3.05, 3.63) is 139 Å². The van der Waals surface area contributed by atoms with E-state index in [9.17, 15) is 0 Å². The summed E-state index contributed by atoms with van der Waals surface area (Å²) in [5.41, 5.74) is 20.4. The van der Waals surface area contributed by atoms with E-state index in [1.807, 2.05) is 17.4 Å². The molecule has 0 amide bonds. The number of anilines is 6. The van der Waals surface area contributed by atoms with E-state index in [-0.39, 0.29) is 32.5 Å². The number of halogens is 1. The zero-order valence-electron chi connectivity index (χ0n) is 41.0. The van der Waals surface area contributed by atoms with Crippen molar-refractivity contribution in [1.29, 1.82) is 0 Å². The Bertz CT molecular complexity index is 2810. The van der Waals surface area contributed by atoms with Gasteiger partial charge in [-0.15, -0.1) is 11.3 Å². The Morgan fingerprint density at radius 2 is 0.841 bits per heavy atom. The first-order valence-electron chi connectivity index (χ1n) is 23.6. The van der Waals surface area contributed by atoms with Crippen LogP contribution in [-0.2, 0) is 32.5 Å². The lowest BCUT2D eigenvalue weighted by Crippen LogP contribution is -2.34. The number of hydrogen-bond acceptors (Lipinski definition) is 3. The maximum Gasteiger partial charge on any atom is 0.0647 e. The Morgan fingerprint density at radius 1 is 0.429 bits per heavy atom. The van der Waals surface area contributed by atoms with E-state index in [1.165, 1.54) is 115 Å². The van der Waals surface area contributed by atoms with Gasteiger partial charge in [-0.1, -0.05) is 113 Å². The first-order chi connectivity index (χ1) is 29.3. The molecule has 0 unspecified atom stereocenters. The maximum atomic E-state index is 6.89. The molecule has 3 aliphatic carbocycles. The molecule has 0 atom stereocenters. The van der Waals surface area contributed by atoms with Crippen molar-refractivity contribution < 1.29 is 0 Å². The van der Waals surface area contributed by atoms with Gasteiger partial charge in [-0.25, -0.2) is 0 Å². The minimum absolute atomic E-state index is 0.0666. The van der Waals surface area contributed by atoms with Crippen LogP contribution in [0.1, 0.15) is 172 Å². The predicted molar refractivity (Wildman–Crippen MR) is 276 cm³/mol. The molecule has 9 rings (SSSR count). The van der Waals surface area contributed by atoms with Gasteiger partial charge in [0.1, 0.15) is 0 Å². The first-order valence-corrected chi connectivity index (χ1v) is 24.9. The predicted octanol–water partition coefficient (Wildman–Crippen LogP) is 18.5. The average Bonchev–Trinajstić information content (AvgIpc) is 3.60. The molecule has 0 bridgehead atoms. The lowest BCUT2D eigenvalue weighted by molar-refractivity contribution is 0.332. The van der Waals surface area contributed by atoms with Gasteiger partial charge in [0, 0.05) is 48.9 Å². The molecule has 1 heterocycles. The topological polar surface area (TPSA) is 6.48 Å². The van der Waals surface area contributed by atoms with Gasteiger partial charge < -0.3 is 9.80 Å². The molecular weight excluding hydrogens is 804 g/mol. The molecule has 2 nitrogen and oxygen atoms in total. The molecule has 0 radical (unpaired) electrons. The minimum Gasteiger partial charge on any atom is -0.310 e. The van der Waals surface area contributed by atoms with E-state index in [1.54, 1.807) is 0 Å².